The van der Waals surface area contributed by atoms with E-state index in [0.717, 1.165) is 22.6 Å². The van der Waals surface area contributed by atoms with Crippen molar-refractivity contribution in [3.63, 3.8) is 0 Å². The first-order chi connectivity index (χ1) is 10.7. The number of hydrogen-bond acceptors (Lipinski definition) is 2. The number of carbonyl (C=O) groups excluding carboxylic acids is 1. The Labute approximate surface area is 129 Å². The van der Waals surface area contributed by atoms with Crippen molar-refractivity contribution >= 4 is 17.4 Å². The van der Waals surface area contributed by atoms with Crippen molar-refractivity contribution < 1.29 is 4.79 Å². The molecule has 0 fully saturated rings. The molecular weight excluding hydrogens is 276 g/mol. The molecule has 112 valence electrons. The van der Waals surface area contributed by atoms with E-state index in [-0.39, 0.29) is 6.03 Å². The summed E-state index contributed by atoms with van der Waals surface area (Å²) in [5.41, 5.74) is 4.85. The molecule has 0 spiro atoms. The SMILES string of the molecule is CCNC(=O)Nc1cccc(-c2cnc3cc(C)ccn23)c1. The van der Waals surface area contributed by atoms with E-state index in [4.69, 9.17) is 0 Å². The van der Waals surface area contributed by atoms with E-state index in [9.17, 15) is 4.79 Å². The van der Waals surface area contributed by atoms with Crippen molar-refractivity contribution in [2.75, 3.05) is 11.9 Å². The summed E-state index contributed by atoms with van der Waals surface area (Å²) < 4.78 is 2.04. The molecule has 3 aromatic rings. The molecule has 0 bridgehead atoms. The number of carbonyl (C=O) groups is 1. The van der Waals surface area contributed by atoms with E-state index in [1.165, 1.54) is 5.56 Å². The number of urea groups is 1. The van der Waals surface area contributed by atoms with Crippen molar-refractivity contribution in [1.82, 2.24) is 14.7 Å². The third-order valence-electron chi connectivity index (χ3n) is 3.42. The van der Waals surface area contributed by atoms with Gasteiger partial charge in [-0.2, -0.15) is 0 Å². The van der Waals surface area contributed by atoms with Gasteiger partial charge >= 0.3 is 6.03 Å². The predicted molar refractivity (Wildman–Crippen MR) is 88.1 cm³/mol. The molecule has 0 radical (unpaired) electrons. The second-order valence-electron chi connectivity index (χ2n) is 5.14. The van der Waals surface area contributed by atoms with Gasteiger partial charge in [-0.3, -0.25) is 4.40 Å². The lowest BCUT2D eigenvalue weighted by Crippen LogP contribution is -2.28. The Morgan fingerprint density at radius 3 is 2.95 bits per heavy atom. The fourth-order valence-electron chi connectivity index (χ4n) is 2.39. The fourth-order valence-corrected chi connectivity index (χ4v) is 2.39. The number of fused-ring (bicyclic) bond motifs is 1. The van der Waals surface area contributed by atoms with Crippen molar-refractivity contribution in [2.24, 2.45) is 0 Å². The maximum Gasteiger partial charge on any atom is 0.319 e. The molecule has 0 aliphatic carbocycles. The van der Waals surface area contributed by atoms with Crippen molar-refractivity contribution in [2.45, 2.75) is 13.8 Å². The minimum Gasteiger partial charge on any atom is -0.338 e. The van der Waals surface area contributed by atoms with Gasteiger partial charge < -0.3 is 10.6 Å². The van der Waals surface area contributed by atoms with Crippen LogP contribution in [0.15, 0.2) is 48.8 Å². The molecular formula is C17H18N4O. The number of amides is 2. The summed E-state index contributed by atoms with van der Waals surface area (Å²) in [6, 6.07) is 11.6. The monoisotopic (exact) mass is 294 g/mol. The minimum absolute atomic E-state index is 0.201. The molecule has 0 unspecified atom stereocenters. The van der Waals surface area contributed by atoms with Crippen LogP contribution in [0.4, 0.5) is 10.5 Å². The van der Waals surface area contributed by atoms with Gasteiger partial charge in [0, 0.05) is 24.0 Å². The van der Waals surface area contributed by atoms with E-state index >= 15 is 0 Å². The second-order valence-corrected chi connectivity index (χ2v) is 5.14. The quantitative estimate of drug-likeness (QED) is 0.777. The van der Waals surface area contributed by atoms with Crippen molar-refractivity contribution in [3.05, 3.63) is 54.4 Å². The smallest absolute Gasteiger partial charge is 0.319 e. The summed E-state index contributed by atoms with van der Waals surface area (Å²) in [4.78, 5) is 16.1. The van der Waals surface area contributed by atoms with Crippen LogP contribution in [0.25, 0.3) is 16.9 Å². The number of hydrogen-bond donors (Lipinski definition) is 2. The number of nitrogens with zero attached hydrogens (tertiary/aromatic N) is 2. The first-order valence-electron chi connectivity index (χ1n) is 7.26. The Balaban J connectivity index is 1.95. The molecule has 22 heavy (non-hydrogen) atoms. The summed E-state index contributed by atoms with van der Waals surface area (Å²) in [6.07, 6.45) is 3.86. The molecule has 5 heteroatoms. The first-order valence-corrected chi connectivity index (χ1v) is 7.26. The van der Waals surface area contributed by atoms with Gasteiger partial charge in [0.15, 0.2) is 0 Å². The molecule has 5 nitrogen and oxygen atoms in total. The van der Waals surface area contributed by atoms with Crippen LogP contribution in [-0.4, -0.2) is 22.0 Å². The second kappa shape index (κ2) is 5.89. The molecule has 0 atom stereocenters. The van der Waals surface area contributed by atoms with Gasteiger partial charge in [-0.25, -0.2) is 9.78 Å². The average Bonchev–Trinajstić information content (AvgIpc) is 2.90. The van der Waals surface area contributed by atoms with Gasteiger partial charge in [0.25, 0.3) is 0 Å². The maximum absolute atomic E-state index is 11.6. The third kappa shape index (κ3) is 2.79. The minimum atomic E-state index is -0.201. The van der Waals surface area contributed by atoms with E-state index in [1.54, 1.807) is 0 Å². The zero-order valence-electron chi connectivity index (χ0n) is 12.6. The zero-order valence-corrected chi connectivity index (χ0v) is 12.6. The van der Waals surface area contributed by atoms with Crippen LogP contribution in [0.1, 0.15) is 12.5 Å². The van der Waals surface area contributed by atoms with E-state index in [2.05, 4.69) is 21.7 Å². The number of rotatable bonds is 3. The number of anilines is 1. The third-order valence-corrected chi connectivity index (χ3v) is 3.42. The lowest BCUT2D eigenvalue weighted by Gasteiger charge is -2.08. The van der Waals surface area contributed by atoms with Gasteiger partial charge in [0.2, 0.25) is 0 Å². The Hall–Kier alpha value is -2.82. The Morgan fingerprint density at radius 1 is 1.27 bits per heavy atom. The van der Waals surface area contributed by atoms with E-state index < -0.39 is 0 Å². The van der Waals surface area contributed by atoms with Gasteiger partial charge in [0.05, 0.1) is 11.9 Å². The molecule has 2 aromatic heterocycles. The number of imidazole rings is 1. The Bertz CT molecular complexity index is 822. The molecule has 0 saturated carbocycles. The largest absolute Gasteiger partial charge is 0.338 e. The fraction of sp³-hybridized carbons (Fsp3) is 0.176. The number of nitrogens with one attached hydrogen (secondary N) is 2. The van der Waals surface area contributed by atoms with Crippen LogP contribution in [-0.2, 0) is 0 Å². The molecule has 0 aliphatic heterocycles. The molecule has 1 aromatic carbocycles. The standard InChI is InChI=1S/C17H18N4O/c1-3-18-17(22)20-14-6-4-5-13(10-14)15-11-19-16-9-12(2)7-8-21(15)16/h4-11H,3H2,1-2H3,(H2,18,20,22). The maximum atomic E-state index is 11.6. The van der Waals surface area contributed by atoms with Gasteiger partial charge in [0.1, 0.15) is 5.65 Å². The van der Waals surface area contributed by atoms with Gasteiger partial charge in [-0.05, 0) is 43.7 Å². The van der Waals surface area contributed by atoms with Crippen LogP contribution in [0.5, 0.6) is 0 Å². The summed E-state index contributed by atoms with van der Waals surface area (Å²) in [6.45, 7) is 4.53. The summed E-state index contributed by atoms with van der Waals surface area (Å²) in [7, 11) is 0. The van der Waals surface area contributed by atoms with Crippen molar-refractivity contribution in [3.8, 4) is 11.3 Å². The summed E-state index contributed by atoms with van der Waals surface area (Å²) in [5, 5.41) is 5.54. The molecule has 2 amide bonds. The number of benzene rings is 1. The summed E-state index contributed by atoms with van der Waals surface area (Å²) >= 11 is 0. The first kappa shape index (κ1) is 14.1. The number of pyridine rings is 1. The average molecular weight is 294 g/mol. The van der Waals surface area contributed by atoms with Crippen LogP contribution >= 0.6 is 0 Å². The lowest BCUT2D eigenvalue weighted by molar-refractivity contribution is 0.252. The Morgan fingerprint density at radius 2 is 2.14 bits per heavy atom. The van der Waals surface area contributed by atoms with Crippen molar-refractivity contribution in [1.29, 1.82) is 0 Å². The topological polar surface area (TPSA) is 58.4 Å². The zero-order chi connectivity index (χ0) is 15.5. The van der Waals surface area contributed by atoms with E-state index in [1.807, 2.05) is 61.0 Å². The number of aromatic nitrogens is 2. The summed E-state index contributed by atoms with van der Waals surface area (Å²) in [5.74, 6) is 0. The van der Waals surface area contributed by atoms with Crippen LogP contribution in [0.3, 0.4) is 0 Å². The van der Waals surface area contributed by atoms with Gasteiger partial charge in [-0.1, -0.05) is 12.1 Å². The highest BCUT2D eigenvalue weighted by molar-refractivity contribution is 5.90. The van der Waals surface area contributed by atoms with Crippen LogP contribution in [0.2, 0.25) is 0 Å². The van der Waals surface area contributed by atoms with Gasteiger partial charge in [-0.15, -0.1) is 0 Å². The molecule has 0 saturated heterocycles. The highest BCUT2D eigenvalue weighted by Crippen LogP contribution is 2.24. The highest BCUT2D eigenvalue weighted by Gasteiger charge is 2.07. The lowest BCUT2D eigenvalue weighted by atomic mass is 10.1. The normalized spacial score (nSPS) is 10.6. The number of aryl methyl sites for hydroxylation is 1. The predicted octanol–water partition coefficient (Wildman–Crippen LogP) is 3.45. The van der Waals surface area contributed by atoms with Crippen LogP contribution < -0.4 is 10.6 Å². The molecule has 0 aliphatic rings. The molecule has 2 N–H and O–H groups in total. The Kier molecular flexibility index (Phi) is 3.78. The van der Waals surface area contributed by atoms with E-state index in [0.29, 0.717) is 6.54 Å². The molecule has 3 rings (SSSR count). The highest BCUT2D eigenvalue weighted by atomic mass is 16.2. The van der Waals surface area contributed by atoms with Crippen LogP contribution in [0, 0.1) is 6.92 Å². The molecule has 2 heterocycles.